The molecule has 7 heteroatoms. The molecule has 1 aliphatic rings. The molecule has 0 radical (unpaired) electrons. The summed E-state index contributed by atoms with van der Waals surface area (Å²) in [6, 6.07) is 7.50. The van der Waals surface area contributed by atoms with Crippen molar-refractivity contribution in [2.45, 2.75) is 25.5 Å². The van der Waals surface area contributed by atoms with E-state index in [0.29, 0.717) is 11.6 Å². The molecule has 1 aromatic rings. The first kappa shape index (κ1) is 13.6. The Labute approximate surface area is 116 Å². The molecule has 1 aromatic carbocycles. The third-order valence-electron chi connectivity index (χ3n) is 2.60. The van der Waals surface area contributed by atoms with Gasteiger partial charge in [0.15, 0.2) is 0 Å². The van der Waals surface area contributed by atoms with E-state index in [0.717, 1.165) is 12.2 Å². The largest absolute Gasteiger partial charge is 0.491 e. The van der Waals surface area contributed by atoms with Crippen molar-refractivity contribution in [3.63, 3.8) is 0 Å². The summed E-state index contributed by atoms with van der Waals surface area (Å²) in [6.45, 7) is 2.45. The van der Waals surface area contributed by atoms with Crippen LogP contribution in [-0.4, -0.2) is 24.8 Å². The van der Waals surface area contributed by atoms with Gasteiger partial charge in [0, 0.05) is 11.4 Å². The summed E-state index contributed by atoms with van der Waals surface area (Å²) in [5.74, 6) is 5.71. The zero-order valence-electron chi connectivity index (χ0n) is 10.5. The molecule has 0 saturated carbocycles. The van der Waals surface area contributed by atoms with Gasteiger partial charge in [0.05, 0.1) is 12.1 Å². The fraction of sp³-hybridized carbons (Fsp3) is 0.417. The molecule has 0 saturated heterocycles. The van der Waals surface area contributed by atoms with Crippen LogP contribution in [0.25, 0.3) is 0 Å². The number of amidine groups is 1. The number of hydrogen-bond acceptors (Lipinski definition) is 5. The summed E-state index contributed by atoms with van der Waals surface area (Å²) in [5, 5.41) is 7.37. The molecule has 19 heavy (non-hydrogen) atoms. The first-order valence-electron chi connectivity index (χ1n) is 5.91. The highest BCUT2D eigenvalue weighted by Crippen LogP contribution is 2.19. The van der Waals surface area contributed by atoms with Gasteiger partial charge in [-0.25, -0.2) is 4.99 Å². The van der Waals surface area contributed by atoms with Crippen LogP contribution in [0, 0.1) is 0 Å². The molecule has 0 spiro atoms. The van der Waals surface area contributed by atoms with Gasteiger partial charge in [0.1, 0.15) is 12.4 Å². The van der Waals surface area contributed by atoms with Gasteiger partial charge in [0.2, 0.25) is 0 Å². The van der Waals surface area contributed by atoms with Crippen molar-refractivity contribution in [1.82, 2.24) is 0 Å². The Balaban J connectivity index is 1.85. The minimum absolute atomic E-state index is 0.00712. The summed E-state index contributed by atoms with van der Waals surface area (Å²) in [5.41, 5.74) is 0. The lowest BCUT2D eigenvalue weighted by molar-refractivity contribution is 0.189. The summed E-state index contributed by atoms with van der Waals surface area (Å²) in [7, 11) is 0. The average Bonchev–Trinajstić information content (AvgIpc) is 2.80. The zero-order chi connectivity index (χ0) is 13.7. The number of aliphatic imine (C=N–C) groups is 1. The topological polar surface area (TPSA) is 81.6 Å². The molecular formula is C12H15ClN4O2. The molecule has 0 amide bonds. The van der Waals surface area contributed by atoms with Crippen LogP contribution < -0.4 is 10.6 Å². The molecule has 2 N–H and O–H groups in total. The van der Waals surface area contributed by atoms with Crippen LogP contribution >= 0.6 is 11.6 Å². The van der Waals surface area contributed by atoms with E-state index in [-0.39, 0.29) is 18.2 Å². The minimum atomic E-state index is 0.00712. The maximum absolute atomic E-state index is 5.81. The molecule has 0 bridgehead atoms. The predicted molar refractivity (Wildman–Crippen MR) is 72.4 cm³/mol. The van der Waals surface area contributed by atoms with E-state index in [1.165, 1.54) is 0 Å². The number of ether oxygens (including phenoxy) is 2. The molecular weight excluding hydrogens is 268 g/mol. The van der Waals surface area contributed by atoms with Crippen LogP contribution in [0.3, 0.4) is 0 Å². The maximum atomic E-state index is 5.81. The van der Waals surface area contributed by atoms with Crippen molar-refractivity contribution in [2.24, 2.45) is 21.2 Å². The van der Waals surface area contributed by atoms with Crippen LogP contribution in [-0.2, 0) is 4.74 Å². The monoisotopic (exact) mass is 282 g/mol. The van der Waals surface area contributed by atoms with Crippen molar-refractivity contribution in [3.05, 3.63) is 29.3 Å². The second-order valence-electron chi connectivity index (χ2n) is 4.21. The number of benzene rings is 1. The van der Waals surface area contributed by atoms with Crippen molar-refractivity contribution >= 4 is 17.6 Å². The Hall–Kier alpha value is -1.82. The van der Waals surface area contributed by atoms with E-state index < -0.39 is 0 Å². The fourth-order valence-electron chi connectivity index (χ4n) is 1.80. The molecule has 0 aromatic heterocycles. The van der Waals surface area contributed by atoms with Gasteiger partial charge in [-0.2, -0.15) is 0 Å². The Kier molecular flexibility index (Phi) is 4.57. The van der Waals surface area contributed by atoms with E-state index in [1.54, 1.807) is 12.1 Å². The molecule has 2 atom stereocenters. The van der Waals surface area contributed by atoms with Gasteiger partial charge in [-0.05, 0) is 31.2 Å². The normalized spacial score (nSPS) is 20.1. The molecule has 0 aliphatic carbocycles. The van der Waals surface area contributed by atoms with Crippen LogP contribution in [0.15, 0.2) is 39.6 Å². The highest BCUT2D eigenvalue weighted by molar-refractivity contribution is 6.30. The van der Waals surface area contributed by atoms with E-state index in [2.05, 4.69) is 15.3 Å². The van der Waals surface area contributed by atoms with Crippen LogP contribution in [0.5, 0.6) is 5.75 Å². The van der Waals surface area contributed by atoms with E-state index in [1.807, 2.05) is 19.1 Å². The number of halogens is 1. The molecule has 2 rings (SSSR count). The Morgan fingerprint density at radius 3 is 2.95 bits per heavy atom. The molecule has 102 valence electrons. The summed E-state index contributed by atoms with van der Waals surface area (Å²) in [6.07, 6.45) is 0.736. The number of nitrogens with zero attached hydrogens (tertiary/aromatic N) is 3. The second-order valence-corrected chi connectivity index (χ2v) is 4.65. The standard InChI is InChI=1S/C12H15ClN4O2/c1-8(19-11-4-2-9(13)3-5-11)6-10-7-18-12(15-10)16-17-14/h2-5,8,10H,6-7H2,1H3,(H2,14,15,16)/t8-,10-/m0/s1. The average molecular weight is 283 g/mol. The predicted octanol–water partition coefficient (Wildman–Crippen LogP) is 2.58. The second kappa shape index (κ2) is 6.38. The third-order valence-corrected chi connectivity index (χ3v) is 2.85. The van der Waals surface area contributed by atoms with Gasteiger partial charge < -0.3 is 15.3 Å². The maximum Gasteiger partial charge on any atom is 0.332 e. The van der Waals surface area contributed by atoms with Crippen molar-refractivity contribution in [3.8, 4) is 5.75 Å². The van der Waals surface area contributed by atoms with Crippen LogP contribution in [0.1, 0.15) is 13.3 Å². The smallest absolute Gasteiger partial charge is 0.332 e. The molecule has 0 unspecified atom stereocenters. The lowest BCUT2D eigenvalue weighted by Crippen LogP contribution is -2.20. The van der Waals surface area contributed by atoms with Crippen molar-refractivity contribution < 1.29 is 9.47 Å². The quantitative estimate of drug-likeness (QED) is 0.523. The highest BCUT2D eigenvalue weighted by atomic mass is 35.5. The minimum Gasteiger partial charge on any atom is -0.491 e. The van der Waals surface area contributed by atoms with Gasteiger partial charge in [0.25, 0.3) is 0 Å². The number of nitrogens with two attached hydrogens (primary N) is 1. The lowest BCUT2D eigenvalue weighted by Gasteiger charge is -2.16. The Morgan fingerprint density at radius 2 is 2.26 bits per heavy atom. The first-order valence-corrected chi connectivity index (χ1v) is 6.29. The number of rotatable bonds is 4. The van der Waals surface area contributed by atoms with E-state index >= 15 is 0 Å². The van der Waals surface area contributed by atoms with Crippen LogP contribution in [0.4, 0.5) is 0 Å². The SMILES string of the molecule is C[C@@H](C[C@H]1COC(N=NN)=N1)Oc1ccc(Cl)cc1. The van der Waals surface area contributed by atoms with Gasteiger partial charge in [-0.1, -0.05) is 21.9 Å². The number of hydrogen-bond donors (Lipinski definition) is 1. The Bertz CT molecular complexity index is 475. The first-order chi connectivity index (χ1) is 9.17. The third kappa shape index (κ3) is 4.10. The Morgan fingerprint density at radius 1 is 1.53 bits per heavy atom. The van der Waals surface area contributed by atoms with Crippen molar-refractivity contribution in [2.75, 3.05) is 6.61 Å². The van der Waals surface area contributed by atoms with E-state index in [9.17, 15) is 0 Å². The van der Waals surface area contributed by atoms with Gasteiger partial charge in [-0.3, -0.25) is 0 Å². The van der Waals surface area contributed by atoms with Gasteiger partial charge >= 0.3 is 6.02 Å². The zero-order valence-corrected chi connectivity index (χ0v) is 11.2. The van der Waals surface area contributed by atoms with Crippen molar-refractivity contribution in [1.29, 1.82) is 0 Å². The lowest BCUT2D eigenvalue weighted by atomic mass is 10.1. The molecule has 0 fully saturated rings. The molecule has 1 aliphatic heterocycles. The molecule has 6 nitrogen and oxygen atoms in total. The van der Waals surface area contributed by atoms with E-state index in [4.69, 9.17) is 26.9 Å². The highest BCUT2D eigenvalue weighted by Gasteiger charge is 2.21. The van der Waals surface area contributed by atoms with Gasteiger partial charge in [-0.15, -0.1) is 0 Å². The summed E-state index contributed by atoms with van der Waals surface area (Å²) in [4.78, 5) is 4.23. The fourth-order valence-corrected chi connectivity index (χ4v) is 1.93. The van der Waals surface area contributed by atoms with Crippen LogP contribution in [0.2, 0.25) is 5.02 Å². The summed E-state index contributed by atoms with van der Waals surface area (Å²) >= 11 is 5.81. The summed E-state index contributed by atoms with van der Waals surface area (Å²) < 4.78 is 11.0. The molecule has 1 heterocycles.